The number of aliphatic hydroxyl groups excluding tert-OH is 2. The molecule has 5 rings (SSSR count). The first-order valence-corrected chi connectivity index (χ1v) is 12.4. The van der Waals surface area contributed by atoms with E-state index in [4.69, 9.17) is 9.47 Å². The Morgan fingerprint density at radius 2 is 1.53 bits per heavy atom. The van der Waals surface area contributed by atoms with Gasteiger partial charge in [-0.05, 0) is 57.6 Å². The van der Waals surface area contributed by atoms with Gasteiger partial charge < -0.3 is 25.0 Å². The van der Waals surface area contributed by atoms with Gasteiger partial charge in [0, 0.05) is 12.5 Å². The van der Waals surface area contributed by atoms with Gasteiger partial charge in [0.1, 0.15) is 37.0 Å². The molecule has 7 heteroatoms. The van der Waals surface area contributed by atoms with Gasteiger partial charge >= 0.3 is 6.09 Å². The standard InChI is InChI=1S/C31H28FNO5/c32-22-7-5-6-20(16-22)18-37-23-14-12-21(13-15-23)30(35)29(34)17-33-31(36)38-19-28-26-10-3-1-8-24(26)25-9-2-4-11-27(25)28/h1-16,28-30,34-35H,17-19H2,(H,33,36). The van der Waals surface area contributed by atoms with E-state index in [9.17, 15) is 19.4 Å². The lowest BCUT2D eigenvalue weighted by Gasteiger charge is -2.19. The Bertz CT molecular complexity index is 1360. The van der Waals surface area contributed by atoms with Crippen molar-refractivity contribution >= 4 is 6.09 Å². The zero-order valence-corrected chi connectivity index (χ0v) is 20.6. The smallest absolute Gasteiger partial charge is 0.407 e. The molecule has 2 atom stereocenters. The van der Waals surface area contributed by atoms with Gasteiger partial charge in [0.25, 0.3) is 0 Å². The van der Waals surface area contributed by atoms with E-state index in [0.717, 1.165) is 22.3 Å². The minimum Gasteiger partial charge on any atom is -0.489 e. The van der Waals surface area contributed by atoms with Crippen LogP contribution in [0.2, 0.25) is 0 Å². The van der Waals surface area contributed by atoms with Crippen molar-refractivity contribution in [1.29, 1.82) is 0 Å². The van der Waals surface area contributed by atoms with Crippen LogP contribution in [0.4, 0.5) is 9.18 Å². The summed E-state index contributed by atoms with van der Waals surface area (Å²) in [6.45, 7) is 0.178. The summed E-state index contributed by atoms with van der Waals surface area (Å²) in [5, 5.41) is 23.5. The maximum absolute atomic E-state index is 13.3. The van der Waals surface area contributed by atoms with Crippen LogP contribution < -0.4 is 10.1 Å². The molecule has 0 radical (unpaired) electrons. The molecule has 0 saturated carbocycles. The molecular weight excluding hydrogens is 485 g/mol. The first kappa shape index (κ1) is 25.4. The number of carbonyl (C=O) groups excluding carboxylic acids is 1. The maximum Gasteiger partial charge on any atom is 0.407 e. The molecule has 0 aliphatic heterocycles. The van der Waals surface area contributed by atoms with Crippen molar-refractivity contribution in [3.63, 3.8) is 0 Å². The van der Waals surface area contributed by atoms with Crippen molar-refractivity contribution in [1.82, 2.24) is 5.32 Å². The molecule has 0 fully saturated rings. The number of rotatable bonds is 9. The minimum atomic E-state index is -1.24. The van der Waals surface area contributed by atoms with E-state index in [0.29, 0.717) is 16.9 Å². The fourth-order valence-corrected chi connectivity index (χ4v) is 4.73. The van der Waals surface area contributed by atoms with Crippen LogP contribution in [0.25, 0.3) is 11.1 Å². The summed E-state index contributed by atoms with van der Waals surface area (Å²) < 4.78 is 24.4. The summed E-state index contributed by atoms with van der Waals surface area (Å²) >= 11 is 0. The second kappa shape index (κ2) is 11.5. The van der Waals surface area contributed by atoms with Gasteiger partial charge in [-0.15, -0.1) is 0 Å². The molecule has 1 amide bonds. The number of benzene rings is 4. The monoisotopic (exact) mass is 513 g/mol. The molecule has 6 nitrogen and oxygen atoms in total. The second-order valence-corrected chi connectivity index (χ2v) is 9.21. The van der Waals surface area contributed by atoms with Crippen LogP contribution in [0, 0.1) is 5.82 Å². The summed E-state index contributed by atoms with van der Waals surface area (Å²) in [4.78, 5) is 12.4. The number of hydrogen-bond donors (Lipinski definition) is 3. The number of hydrogen-bond acceptors (Lipinski definition) is 5. The van der Waals surface area contributed by atoms with E-state index in [1.165, 1.54) is 12.1 Å². The number of carbonyl (C=O) groups is 1. The van der Waals surface area contributed by atoms with Gasteiger partial charge in [0.05, 0.1) is 0 Å². The van der Waals surface area contributed by atoms with Crippen molar-refractivity contribution in [2.45, 2.75) is 24.7 Å². The molecule has 194 valence electrons. The number of amides is 1. The molecule has 1 aliphatic carbocycles. The van der Waals surface area contributed by atoms with Crippen molar-refractivity contribution in [2.24, 2.45) is 0 Å². The molecule has 4 aromatic rings. The van der Waals surface area contributed by atoms with Crippen LogP contribution in [0.3, 0.4) is 0 Å². The molecule has 0 spiro atoms. The number of fused-ring (bicyclic) bond motifs is 3. The fraction of sp³-hybridized carbons (Fsp3) is 0.194. The highest BCUT2D eigenvalue weighted by Gasteiger charge is 2.29. The summed E-state index contributed by atoms with van der Waals surface area (Å²) in [6, 6.07) is 28.9. The molecule has 2 unspecified atom stereocenters. The van der Waals surface area contributed by atoms with Gasteiger partial charge in [-0.1, -0.05) is 72.8 Å². The van der Waals surface area contributed by atoms with Crippen molar-refractivity contribution in [3.8, 4) is 16.9 Å². The van der Waals surface area contributed by atoms with Gasteiger partial charge in [-0.2, -0.15) is 0 Å². The Labute approximate surface area is 220 Å². The molecule has 0 heterocycles. The topological polar surface area (TPSA) is 88.0 Å². The van der Waals surface area contributed by atoms with Crippen molar-refractivity contribution in [3.05, 3.63) is 125 Å². The van der Waals surface area contributed by atoms with E-state index in [2.05, 4.69) is 17.4 Å². The van der Waals surface area contributed by atoms with Gasteiger partial charge in [0.15, 0.2) is 0 Å². The molecule has 1 aliphatic rings. The Morgan fingerprint density at radius 3 is 2.18 bits per heavy atom. The number of nitrogens with one attached hydrogen (secondary N) is 1. The quantitative estimate of drug-likeness (QED) is 0.281. The average molecular weight is 514 g/mol. The number of alkyl carbamates (subject to hydrolysis) is 1. The predicted octanol–water partition coefficient (Wildman–Crippen LogP) is 5.34. The molecule has 4 aromatic carbocycles. The normalized spacial score (nSPS) is 13.8. The van der Waals surface area contributed by atoms with Crippen LogP contribution in [0.5, 0.6) is 5.75 Å². The fourth-order valence-electron chi connectivity index (χ4n) is 4.73. The third-order valence-electron chi connectivity index (χ3n) is 6.68. The van der Waals surface area contributed by atoms with Crippen LogP contribution in [-0.4, -0.2) is 35.6 Å². The Kier molecular flexibility index (Phi) is 7.67. The van der Waals surface area contributed by atoms with E-state index < -0.39 is 18.3 Å². The zero-order chi connectivity index (χ0) is 26.5. The Balaban J connectivity index is 1.10. The predicted molar refractivity (Wildman–Crippen MR) is 141 cm³/mol. The van der Waals surface area contributed by atoms with Gasteiger partial charge in [-0.3, -0.25) is 0 Å². The largest absolute Gasteiger partial charge is 0.489 e. The van der Waals surface area contributed by atoms with Crippen LogP contribution in [-0.2, 0) is 11.3 Å². The molecule has 0 saturated heterocycles. The number of ether oxygens (including phenoxy) is 2. The Hall–Kier alpha value is -4.20. The van der Waals surface area contributed by atoms with E-state index in [-0.39, 0.29) is 31.5 Å². The lowest BCUT2D eigenvalue weighted by molar-refractivity contribution is 0.0185. The highest BCUT2D eigenvalue weighted by Crippen LogP contribution is 2.44. The van der Waals surface area contributed by atoms with Gasteiger partial charge in [-0.25, -0.2) is 9.18 Å². The van der Waals surface area contributed by atoms with Gasteiger partial charge in [0.2, 0.25) is 0 Å². The first-order valence-electron chi connectivity index (χ1n) is 12.4. The van der Waals surface area contributed by atoms with E-state index >= 15 is 0 Å². The van der Waals surface area contributed by atoms with Crippen LogP contribution >= 0.6 is 0 Å². The molecule has 38 heavy (non-hydrogen) atoms. The number of halogens is 1. The highest BCUT2D eigenvalue weighted by molar-refractivity contribution is 5.79. The van der Waals surface area contributed by atoms with Crippen LogP contribution in [0.1, 0.15) is 34.3 Å². The molecule has 0 bridgehead atoms. The highest BCUT2D eigenvalue weighted by atomic mass is 19.1. The van der Waals surface area contributed by atoms with Crippen LogP contribution in [0.15, 0.2) is 97.1 Å². The summed E-state index contributed by atoms with van der Waals surface area (Å²) in [7, 11) is 0. The Morgan fingerprint density at radius 1 is 0.868 bits per heavy atom. The zero-order valence-electron chi connectivity index (χ0n) is 20.6. The number of aliphatic hydroxyl groups is 2. The van der Waals surface area contributed by atoms with E-state index in [1.54, 1.807) is 36.4 Å². The van der Waals surface area contributed by atoms with E-state index in [1.807, 2.05) is 36.4 Å². The maximum atomic E-state index is 13.3. The average Bonchev–Trinajstić information content (AvgIpc) is 3.27. The third-order valence-corrected chi connectivity index (χ3v) is 6.68. The second-order valence-electron chi connectivity index (χ2n) is 9.21. The molecule has 0 aromatic heterocycles. The summed E-state index contributed by atoms with van der Waals surface area (Å²) in [6.07, 6.45) is -3.13. The SMILES string of the molecule is O=C(NCC(O)C(O)c1ccc(OCc2cccc(F)c2)cc1)OCC1c2ccccc2-c2ccccc21. The lowest BCUT2D eigenvalue weighted by Crippen LogP contribution is -2.36. The summed E-state index contributed by atoms with van der Waals surface area (Å²) in [5.74, 6) is 0.145. The summed E-state index contributed by atoms with van der Waals surface area (Å²) in [5.41, 5.74) is 5.66. The lowest BCUT2D eigenvalue weighted by atomic mass is 9.98. The molecule has 3 N–H and O–H groups in total. The minimum absolute atomic E-state index is 0.0645. The third kappa shape index (κ3) is 5.69. The van der Waals surface area contributed by atoms with Crippen molar-refractivity contribution in [2.75, 3.05) is 13.2 Å². The molecular formula is C31H28FNO5. The van der Waals surface area contributed by atoms with Crippen molar-refractivity contribution < 1.29 is 28.9 Å². The first-order chi connectivity index (χ1) is 18.5.